The zero-order valence-corrected chi connectivity index (χ0v) is 33.9. The molecule has 0 bridgehead atoms. The van der Waals surface area contributed by atoms with E-state index in [1.165, 1.54) is 18.7 Å². The van der Waals surface area contributed by atoms with E-state index in [-0.39, 0.29) is 43.3 Å². The number of benzene rings is 2. The van der Waals surface area contributed by atoms with E-state index in [2.05, 4.69) is 31.6 Å². The molecule has 15 nitrogen and oxygen atoms in total. The predicted molar refractivity (Wildman–Crippen MR) is 222 cm³/mol. The number of hydrogen-bond donors (Lipinski definition) is 8. The number of ketones is 2. The van der Waals surface area contributed by atoms with Crippen LogP contribution in [0.1, 0.15) is 64.0 Å². The molecule has 3 aromatic rings. The van der Waals surface area contributed by atoms with Gasteiger partial charge in [-0.1, -0.05) is 37.3 Å². The molecule has 4 rings (SSSR count). The lowest BCUT2D eigenvalue weighted by molar-refractivity contribution is -0.135. The number of amides is 4. The molecule has 1 saturated heterocycles. The van der Waals surface area contributed by atoms with E-state index in [4.69, 9.17) is 16.2 Å². The third-order valence-corrected chi connectivity index (χ3v) is 11.1. The maximum Gasteiger partial charge on any atom is 0.243 e. The molecule has 0 aliphatic carbocycles. The van der Waals surface area contributed by atoms with Crippen molar-refractivity contribution in [2.75, 3.05) is 37.7 Å². The standard InChI is InChI=1S/C41H58N8O7S/c1-4-37(52)41(3,16-7-8-17-42)49-40(55)34(22-28-23-44-31-10-6-5-9-30(28)31)48-38(53)33(21-27-11-13-29(14-12-27)56-19-18-43)47-39(54)35-25-57-20-15-32(46-26(2)50)36(51)24-45-35/h5-6,9-14,23,32-35,44-45H,4,7-8,15-22,24-25,42-43H2,1-3H3,(H,46,50)(H,47,54)(H,48,53)(H,49,55)/t32-,33-,34-,35-,41?/m0/s1. The average Bonchev–Trinajstić information content (AvgIpc) is 3.63. The molecular weight excluding hydrogens is 749 g/mol. The largest absolute Gasteiger partial charge is 0.492 e. The number of aromatic amines is 1. The number of hydrogen-bond acceptors (Lipinski definition) is 11. The molecule has 1 unspecified atom stereocenters. The van der Waals surface area contributed by atoms with Gasteiger partial charge in [0.1, 0.15) is 24.4 Å². The lowest BCUT2D eigenvalue weighted by Crippen LogP contribution is -2.61. The van der Waals surface area contributed by atoms with Crippen LogP contribution in [-0.4, -0.2) is 108 Å². The number of nitrogens with one attached hydrogen (secondary N) is 6. The van der Waals surface area contributed by atoms with Crippen molar-refractivity contribution in [1.29, 1.82) is 0 Å². The van der Waals surface area contributed by atoms with Crippen LogP contribution in [0.4, 0.5) is 0 Å². The van der Waals surface area contributed by atoms with Crippen molar-refractivity contribution in [3.63, 3.8) is 0 Å². The Morgan fingerprint density at radius 2 is 1.70 bits per heavy atom. The van der Waals surface area contributed by atoms with Crippen molar-refractivity contribution in [2.45, 2.75) is 95.4 Å². The first-order valence-corrected chi connectivity index (χ1v) is 20.8. The summed E-state index contributed by atoms with van der Waals surface area (Å²) in [6, 6.07) is 10.9. The number of nitrogens with two attached hydrogens (primary N) is 2. The normalized spacial score (nSPS) is 18.2. The third kappa shape index (κ3) is 13.4. The van der Waals surface area contributed by atoms with Crippen molar-refractivity contribution in [3.05, 3.63) is 65.9 Å². The molecule has 2 aromatic carbocycles. The molecule has 4 amide bonds. The summed E-state index contributed by atoms with van der Waals surface area (Å²) in [7, 11) is 0. The topological polar surface area (TPSA) is 240 Å². The van der Waals surface area contributed by atoms with Gasteiger partial charge in [-0.05, 0) is 74.2 Å². The van der Waals surface area contributed by atoms with Gasteiger partial charge in [-0.3, -0.25) is 34.1 Å². The SMILES string of the molecule is CCC(=O)C(C)(CCCCN)NC(=O)[C@H](Cc1c[nH]c2ccccc12)NC(=O)[C@H](Cc1ccc(OCCN)cc1)NC(=O)[C@@H]1CSCC[C@H](NC(C)=O)C(=O)CN1. The Kier molecular flexibility index (Phi) is 17.5. The highest BCUT2D eigenvalue weighted by Gasteiger charge is 2.37. The maximum atomic E-state index is 14.5. The first kappa shape index (κ1) is 44.9. The van der Waals surface area contributed by atoms with E-state index in [1.807, 2.05) is 24.3 Å². The second kappa shape index (κ2) is 22.2. The molecule has 2 heterocycles. The van der Waals surface area contributed by atoms with Gasteiger partial charge in [0.05, 0.1) is 24.2 Å². The number of aromatic nitrogens is 1. The Morgan fingerprint density at radius 3 is 2.40 bits per heavy atom. The Morgan fingerprint density at radius 1 is 0.965 bits per heavy atom. The molecule has 16 heteroatoms. The fourth-order valence-corrected chi connectivity index (χ4v) is 7.87. The van der Waals surface area contributed by atoms with Crippen molar-refractivity contribution in [1.82, 2.24) is 31.6 Å². The van der Waals surface area contributed by atoms with Crippen LogP contribution in [0.5, 0.6) is 5.75 Å². The van der Waals surface area contributed by atoms with Crippen LogP contribution in [0.3, 0.4) is 0 Å². The van der Waals surface area contributed by atoms with Gasteiger partial charge in [0, 0.05) is 55.6 Å². The molecule has 10 N–H and O–H groups in total. The maximum absolute atomic E-state index is 14.5. The van der Waals surface area contributed by atoms with Gasteiger partial charge in [0.15, 0.2) is 11.6 Å². The second-order valence-electron chi connectivity index (χ2n) is 14.5. The van der Waals surface area contributed by atoms with Crippen LogP contribution < -0.4 is 42.8 Å². The smallest absolute Gasteiger partial charge is 0.243 e. The highest BCUT2D eigenvalue weighted by Crippen LogP contribution is 2.22. The summed E-state index contributed by atoms with van der Waals surface area (Å²) in [6.45, 7) is 5.76. The van der Waals surface area contributed by atoms with Crippen LogP contribution in [0.25, 0.3) is 10.9 Å². The number of ether oxygens (including phenoxy) is 1. The summed E-state index contributed by atoms with van der Waals surface area (Å²) in [6.07, 6.45) is 4.24. The Bertz CT molecular complexity index is 1840. The van der Waals surface area contributed by atoms with E-state index >= 15 is 0 Å². The van der Waals surface area contributed by atoms with E-state index in [0.29, 0.717) is 68.2 Å². The summed E-state index contributed by atoms with van der Waals surface area (Å²) in [5, 5.41) is 15.4. The molecule has 57 heavy (non-hydrogen) atoms. The number of carbonyl (C=O) groups excluding carboxylic acids is 6. The number of thioether (sulfide) groups is 1. The number of unbranched alkanes of at least 4 members (excludes halogenated alkanes) is 1. The summed E-state index contributed by atoms with van der Waals surface area (Å²) in [5.74, 6) is -0.936. The predicted octanol–water partition coefficient (Wildman–Crippen LogP) is 1.41. The molecule has 0 spiro atoms. The van der Waals surface area contributed by atoms with Crippen molar-refractivity contribution >= 4 is 57.9 Å². The van der Waals surface area contributed by atoms with Crippen LogP contribution >= 0.6 is 11.8 Å². The quantitative estimate of drug-likeness (QED) is 0.0760. The first-order chi connectivity index (χ1) is 27.4. The Hall–Kier alpha value is -4.77. The molecule has 1 aliphatic rings. The molecule has 0 radical (unpaired) electrons. The molecular formula is C41H58N8O7S. The zero-order valence-electron chi connectivity index (χ0n) is 33.1. The molecule has 1 aromatic heterocycles. The van der Waals surface area contributed by atoms with Gasteiger partial charge in [0.2, 0.25) is 23.6 Å². The summed E-state index contributed by atoms with van der Waals surface area (Å²) < 4.78 is 5.62. The van der Waals surface area contributed by atoms with Gasteiger partial charge >= 0.3 is 0 Å². The van der Waals surface area contributed by atoms with Crippen molar-refractivity contribution in [2.24, 2.45) is 11.5 Å². The zero-order chi connectivity index (χ0) is 41.4. The number of Topliss-reactive ketones (excluding diaryl/α,β-unsaturated/α-hetero) is 2. The van der Waals surface area contributed by atoms with Crippen LogP contribution in [0.2, 0.25) is 0 Å². The highest BCUT2D eigenvalue weighted by molar-refractivity contribution is 7.99. The number of carbonyl (C=O) groups is 6. The first-order valence-electron chi connectivity index (χ1n) is 19.6. The minimum Gasteiger partial charge on any atom is -0.492 e. The van der Waals surface area contributed by atoms with Gasteiger partial charge < -0.3 is 42.5 Å². The lowest BCUT2D eigenvalue weighted by atomic mass is 9.88. The van der Waals surface area contributed by atoms with E-state index in [0.717, 1.165) is 16.5 Å². The minimum atomic E-state index is -1.19. The fourth-order valence-electron chi connectivity index (χ4n) is 6.80. The van der Waals surface area contributed by atoms with Gasteiger partial charge in [-0.2, -0.15) is 11.8 Å². The van der Waals surface area contributed by atoms with Gasteiger partial charge in [-0.15, -0.1) is 0 Å². The monoisotopic (exact) mass is 806 g/mol. The van der Waals surface area contributed by atoms with Gasteiger partial charge in [-0.25, -0.2) is 0 Å². The average molecular weight is 807 g/mol. The van der Waals surface area contributed by atoms with E-state index < -0.39 is 47.4 Å². The number of para-hydroxylation sites is 1. The van der Waals surface area contributed by atoms with Crippen LogP contribution in [0, 0.1) is 0 Å². The van der Waals surface area contributed by atoms with E-state index in [1.54, 1.807) is 44.3 Å². The van der Waals surface area contributed by atoms with E-state index in [9.17, 15) is 28.8 Å². The van der Waals surface area contributed by atoms with Crippen LogP contribution in [-0.2, 0) is 41.6 Å². The van der Waals surface area contributed by atoms with Crippen molar-refractivity contribution < 1.29 is 33.5 Å². The Labute approximate surface area is 338 Å². The van der Waals surface area contributed by atoms with Crippen molar-refractivity contribution in [3.8, 4) is 5.75 Å². The summed E-state index contributed by atoms with van der Waals surface area (Å²) in [5.41, 5.74) is 12.5. The van der Waals surface area contributed by atoms with Gasteiger partial charge in [0.25, 0.3) is 0 Å². The second-order valence-corrected chi connectivity index (χ2v) is 15.7. The highest BCUT2D eigenvalue weighted by atomic mass is 32.2. The Balaban J connectivity index is 1.63. The number of H-pyrrole nitrogens is 1. The molecule has 1 fully saturated rings. The molecule has 5 atom stereocenters. The lowest BCUT2D eigenvalue weighted by Gasteiger charge is -2.32. The summed E-state index contributed by atoms with van der Waals surface area (Å²) >= 11 is 1.45. The summed E-state index contributed by atoms with van der Waals surface area (Å²) in [4.78, 5) is 83.9. The number of rotatable bonds is 20. The number of fused-ring (bicyclic) bond motifs is 1. The third-order valence-electron chi connectivity index (χ3n) is 10.0. The minimum absolute atomic E-state index is 0.0602. The molecule has 0 saturated carbocycles. The molecule has 310 valence electrons. The van der Waals surface area contributed by atoms with Crippen LogP contribution in [0.15, 0.2) is 54.7 Å². The fraction of sp³-hybridized carbons (Fsp3) is 0.512. The molecule has 1 aliphatic heterocycles.